The Kier molecular flexibility index (Phi) is 4.51. The SMILES string of the molecule is Cc1ccc(NC(=O)C2CCCSC2)c(Br)c1. The third-order valence-electron chi connectivity index (χ3n) is 2.91. The molecule has 1 fully saturated rings. The van der Waals surface area contributed by atoms with Gasteiger partial charge in [0.1, 0.15) is 0 Å². The quantitative estimate of drug-likeness (QED) is 0.898. The minimum atomic E-state index is 0.154. The number of nitrogens with one attached hydrogen (secondary N) is 1. The second-order valence-electron chi connectivity index (χ2n) is 4.39. The van der Waals surface area contributed by atoms with Gasteiger partial charge in [-0.25, -0.2) is 0 Å². The van der Waals surface area contributed by atoms with E-state index in [0.717, 1.165) is 28.8 Å². The molecule has 4 heteroatoms. The summed E-state index contributed by atoms with van der Waals surface area (Å²) in [5, 5.41) is 3.01. The Labute approximate surface area is 115 Å². The Hall–Kier alpha value is -0.480. The van der Waals surface area contributed by atoms with Crippen molar-refractivity contribution in [3.8, 4) is 0 Å². The van der Waals surface area contributed by atoms with Crippen LogP contribution in [0.3, 0.4) is 0 Å². The normalized spacial score (nSPS) is 20.0. The Morgan fingerprint density at radius 3 is 3.00 bits per heavy atom. The van der Waals surface area contributed by atoms with E-state index in [1.807, 2.05) is 36.9 Å². The van der Waals surface area contributed by atoms with E-state index in [4.69, 9.17) is 0 Å². The van der Waals surface area contributed by atoms with Crippen molar-refractivity contribution >= 4 is 39.3 Å². The maximum atomic E-state index is 12.1. The van der Waals surface area contributed by atoms with Crippen LogP contribution >= 0.6 is 27.7 Å². The van der Waals surface area contributed by atoms with Gasteiger partial charge in [0.15, 0.2) is 0 Å². The van der Waals surface area contributed by atoms with Crippen LogP contribution in [0.1, 0.15) is 18.4 Å². The van der Waals surface area contributed by atoms with Crippen molar-refractivity contribution in [3.05, 3.63) is 28.2 Å². The first-order valence-corrected chi connectivity index (χ1v) is 7.76. The lowest BCUT2D eigenvalue weighted by Crippen LogP contribution is -2.27. The van der Waals surface area contributed by atoms with E-state index in [0.29, 0.717) is 0 Å². The van der Waals surface area contributed by atoms with Crippen LogP contribution in [-0.2, 0) is 4.79 Å². The molecule has 1 aliphatic heterocycles. The van der Waals surface area contributed by atoms with Crippen molar-refractivity contribution in [2.24, 2.45) is 5.92 Å². The number of rotatable bonds is 2. The number of halogens is 1. The van der Waals surface area contributed by atoms with Crippen LogP contribution < -0.4 is 5.32 Å². The summed E-state index contributed by atoms with van der Waals surface area (Å²) in [6, 6.07) is 5.98. The van der Waals surface area contributed by atoms with Crippen molar-refractivity contribution < 1.29 is 4.79 Å². The van der Waals surface area contributed by atoms with E-state index in [1.165, 1.54) is 11.3 Å². The molecule has 1 heterocycles. The average Bonchev–Trinajstić information content (AvgIpc) is 2.34. The van der Waals surface area contributed by atoms with Crippen LogP contribution in [0.4, 0.5) is 5.69 Å². The molecule has 2 nitrogen and oxygen atoms in total. The molecule has 0 radical (unpaired) electrons. The summed E-state index contributed by atoms with van der Waals surface area (Å²) in [6.07, 6.45) is 2.17. The van der Waals surface area contributed by atoms with Gasteiger partial charge in [0.25, 0.3) is 0 Å². The molecular weight excluding hydrogens is 298 g/mol. The van der Waals surface area contributed by atoms with Crippen molar-refractivity contribution in [1.29, 1.82) is 0 Å². The zero-order valence-corrected chi connectivity index (χ0v) is 12.2. The Bertz CT molecular complexity index is 416. The van der Waals surface area contributed by atoms with Crippen LogP contribution in [-0.4, -0.2) is 17.4 Å². The lowest BCUT2D eigenvalue weighted by molar-refractivity contribution is -0.119. The third-order valence-corrected chi connectivity index (χ3v) is 4.79. The van der Waals surface area contributed by atoms with Gasteiger partial charge in [-0.2, -0.15) is 11.8 Å². The van der Waals surface area contributed by atoms with E-state index in [-0.39, 0.29) is 11.8 Å². The number of aryl methyl sites for hydroxylation is 1. The second-order valence-corrected chi connectivity index (χ2v) is 6.39. The van der Waals surface area contributed by atoms with Crippen molar-refractivity contribution in [1.82, 2.24) is 0 Å². The summed E-state index contributed by atoms with van der Waals surface area (Å²) in [7, 11) is 0. The number of amides is 1. The van der Waals surface area contributed by atoms with E-state index in [9.17, 15) is 4.79 Å². The molecule has 1 amide bonds. The maximum Gasteiger partial charge on any atom is 0.228 e. The standard InChI is InChI=1S/C13H16BrNOS/c1-9-4-5-12(11(14)7-9)15-13(16)10-3-2-6-17-8-10/h4-5,7,10H,2-3,6,8H2,1H3,(H,15,16). The van der Waals surface area contributed by atoms with Gasteiger partial charge < -0.3 is 5.32 Å². The molecule has 0 aliphatic carbocycles. The van der Waals surface area contributed by atoms with Crippen molar-refractivity contribution in [2.75, 3.05) is 16.8 Å². The second kappa shape index (κ2) is 5.91. The fourth-order valence-corrected chi connectivity index (χ4v) is 3.64. The van der Waals surface area contributed by atoms with Gasteiger partial charge in [0.2, 0.25) is 5.91 Å². The summed E-state index contributed by atoms with van der Waals surface area (Å²) in [6.45, 7) is 2.04. The first-order chi connectivity index (χ1) is 8.16. The monoisotopic (exact) mass is 313 g/mol. The number of carbonyl (C=O) groups excluding carboxylic acids is 1. The van der Waals surface area contributed by atoms with Crippen LogP contribution in [0, 0.1) is 12.8 Å². The average molecular weight is 314 g/mol. The highest BCUT2D eigenvalue weighted by Crippen LogP contribution is 2.27. The minimum absolute atomic E-state index is 0.154. The number of anilines is 1. The smallest absolute Gasteiger partial charge is 0.228 e. The molecule has 92 valence electrons. The summed E-state index contributed by atoms with van der Waals surface area (Å²) >= 11 is 5.36. The molecular formula is C13H16BrNOS. The first-order valence-electron chi connectivity index (χ1n) is 5.81. The number of carbonyl (C=O) groups is 1. The predicted octanol–water partition coefficient (Wildman–Crippen LogP) is 3.84. The van der Waals surface area contributed by atoms with E-state index in [2.05, 4.69) is 21.2 Å². The molecule has 0 bridgehead atoms. The van der Waals surface area contributed by atoms with Gasteiger partial charge in [-0.05, 0) is 59.1 Å². The number of hydrogen-bond donors (Lipinski definition) is 1. The van der Waals surface area contributed by atoms with Gasteiger partial charge in [-0.1, -0.05) is 6.07 Å². The molecule has 1 aromatic carbocycles. The highest BCUT2D eigenvalue weighted by molar-refractivity contribution is 9.10. The molecule has 1 aliphatic rings. The van der Waals surface area contributed by atoms with Crippen molar-refractivity contribution in [3.63, 3.8) is 0 Å². The molecule has 1 aromatic rings. The summed E-state index contributed by atoms with van der Waals surface area (Å²) < 4.78 is 0.953. The molecule has 0 spiro atoms. The molecule has 17 heavy (non-hydrogen) atoms. The number of hydrogen-bond acceptors (Lipinski definition) is 2. The summed E-state index contributed by atoms with van der Waals surface area (Å²) in [5.74, 6) is 2.47. The highest BCUT2D eigenvalue weighted by Gasteiger charge is 2.21. The molecule has 1 saturated heterocycles. The zero-order chi connectivity index (χ0) is 12.3. The highest BCUT2D eigenvalue weighted by atomic mass is 79.9. The molecule has 0 saturated carbocycles. The molecule has 0 aromatic heterocycles. The molecule has 1 N–H and O–H groups in total. The van der Waals surface area contributed by atoms with Crippen LogP contribution in [0.2, 0.25) is 0 Å². The fraction of sp³-hybridized carbons (Fsp3) is 0.462. The third kappa shape index (κ3) is 3.49. The predicted molar refractivity (Wildman–Crippen MR) is 77.6 cm³/mol. The lowest BCUT2D eigenvalue weighted by atomic mass is 10.0. The largest absolute Gasteiger partial charge is 0.325 e. The summed E-state index contributed by atoms with van der Waals surface area (Å²) in [5.41, 5.74) is 2.05. The Balaban J connectivity index is 2.02. The van der Waals surface area contributed by atoms with Crippen LogP contribution in [0.25, 0.3) is 0 Å². The van der Waals surface area contributed by atoms with E-state index < -0.39 is 0 Å². The molecule has 1 atom stereocenters. The van der Waals surface area contributed by atoms with Gasteiger partial charge in [0.05, 0.1) is 5.69 Å². The molecule has 1 unspecified atom stereocenters. The van der Waals surface area contributed by atoms with E-state index >= 15 is 0 Å². The van der Waals surface area contributed by atoms with Gasteiger partial charge in [0, 0.05) is 16.1 Å². The zero-order valence-electron chi connectivity index (χ0n) is 9.83. The van der Waals surface area contributed by atoms with Gasteiger partial charge in [-0.3, -0.25) is 4.79 Å². The fourth-order valence-electron chi connectivity index (χ4n) is 1.90. The van der Waals surface area contributed by atoms with Gasteiger partial charge >= 0.3 is 0 Å². The topological polar surface area (TPSA) is 29.1 Å². The Morgan fingerprint density at radius 1 is 1.53 bits per heavy atom. The first kappa shape index (κ1) is 13.0. The van der Waals surface area contributed by atoms with Gasteiger partial charge in [-0.15, -0.1) is 0 Å². The Morgan fingerprint density at radius 2 is 2.35 bits per heavy atom. The van der Waals surface area contributed by atoms with Crippen molar-refractivity contribution in [2.45, 2.75) is 19.8 Å². The maximum absolute atomic E-state index is 12.1. The lowest BCUT2D eigenvalue weighted by Gasteiger charge is -2.20. The van der Waals surface area contributed by atoms with Crippen LogP contribution in [0.15, 0.2) is 22.7 Å². The number of thioether (sulfide) groups is 1. The minimum Gasteiger partial charge on any atom is -0.325 e. The summed E-state index contributed by atoms with van der Waals surface area (Å²) in [4.78, 5) is 12.1. The van der Waals surface area contributed by atoms with Crippen LogP contribution in [0.5, 0.6) is 0 Å². The van der Waals surface area contributed by atoms with E-state index in [1.54, 1.807) is 0 Å². The molecule has 2 rings (SSSR count). The number of benzene rings is 1.